The van der Waals surface area contributed by atoms with Crippen LogP contribution in [0.4, 0.5) is 8.78 Å². The monoisotopic (exact) mass is 856 g/mol. The van der Waals surface area contributed by atoms with E-state index in [9.17, 15) is 47.1 Å². The molecular formula is C43H43F2N6O9P. The zero-order valence-electron chi connectivity index (χ0n) is 33.3. The molecule has 5 aromatic rings. The summed E-state index contributed by atoms with van der Waals surface area (Å²) in [6.07, 6.45) is 5.22. The molecule has 1 saturated carbocycles. The Morgan fingerprint density at radius 2 is 1.72 bits per heavy atom. The number of halogens is 2. The molecule has 0 radical (unpaired) electrons. The van der Waals surface area contributed by atoms with E-state index in [1.807, 2.05) is 24.0 Å². The Bertz CT molecular complexity index is 2760. The highest BCUT2D eigenvalue weighted by molar-refractivity contribution is 7.52. The van der Waals surface area contributed by atoms with Crippen molar-refractivity contribution in [3.63, 3.8) is 0 Å². The smallest absolute Gasteiger partial charge is 0.355 e. The van der Waals surface area contributed by atoms with Gasteiger partial charge >= 0.3 is 13.3 Å². The maximum Gasteiger partial charge on any atom is 0.399 e. The number of pyridine rings is 1. The second-order valence-corrected chi connectivity index (χ2v) is 18.6. The molecule has 3 saturated heterocycles. The van der Waals surface area contributed by atoms with Gasteiger partial charge < -0.3 is 38.9 Å². The number of amides is 4. The van der Waals surface area contributed by atoms with Gasteiger partial charge in [-0.05, 0) is 98.2 Å². The Balaban J connectivity index is 1.03. The average molecular weight is 857 g/mol. The number of aromatic nitrogens is 2. The van der Waals surface area contributed by atoms with E-state index >= 15 is 0 Å². The molecule has 3 aromatic carbocycles. The van der Waals surface area contributed by atoms with Crippen molar-refractivity contribution in [2.45, 2.75) is 80.7 Å². The predicted octanol–water partition coefficient (Wildman–Crippen LogP) is 4.77. The topological polar surface area (TPSA) is 196 Å². The van der Waals surface area contributed by atoms with Gasteiger partial charge in [0, 0.05) is 61.0 Å². The maximum absolute atomic E-state index is 15.0. The standard InChI is InChI=1S/C43H43F2N6O9P/c1-24-3-10-35-32(17-24)37(47-60-35)41(56)49-16-12-31-8-9-34(40(55)50-22-29(21-42(50)13-14-42)26-11-15-48(2)36(52)20-26)51(31)39(54)33(23-49)46-38(53)27-5-4-25-6-7-30(19-28(25)18-27)43(44,45)61(57,58)59/h3-7,10-11,15,17-20,29,31,33-34H,8-9,12-14,16,21-23H2,1-2H3,(H,46,53)(H2,57,58,59)/t29-,31+,33-,34-/m0/s1. The summed E-state index contributed by atoms with van der Waals surface area (Å²) in [6, 6.07) is 13.4. The minimum atomic E-state index is -5.88. The molecule has 18 heteroatoms. The molecule has 4 aliphatic rings. The van der Waals surface area contributed by atoms with Gasteiger partial charge in [-0.25, -0.2) is 0 Å². The molecular weight excluding hydrogens is 813 g/mol. The lowest BCUT2D eigenvalue weighted by molar-refractivity contribution is -0.148. The van der Waals surface area contributed by atoms with Gasteiger partial charge in [-0.3, -0.25) is 28.5 Å². The third-order valence-electron chi connectivity index (χ3n) is 13.0. The average Bonchev–Trinajstić information content (AvgIpc) is 3.50. The number of hydrogen-bond acceptors (Lipinski definition) is 8. The van der Waals surface area contributed by atoms with E-state index in [2.05, 4.69) is 10.5 Å². The largest absolute Gasteiger partial charge is 0.399 e. The first-order chi connectivity index (χ1) is 28.9. The van der Waals surface area contributed by atoms with E-state index in [0.717, 1.165) is 36.1 Å². The normalized spacial score (nSPS) is 22.7. The Labute approximate surface area is 347 Å². The van der Waals surface area contributed by atoms with Crippen LogP contribution in [0.1, 0.15) is 82.0 Å². The Morgan fingerprint density at radius 3 is 2.46 bits per heavy atom. The van der Waals surface area contributed by atoms with Gasteiger partial charge in [-0.2, -0.15) is 8.78 Å². The molecule has 4 fully saturated rings. The number of benzene rings is 3. The minimum absolute atomic E-state index is 0.0418. The molecule has 3 N–H and O–H groups in total. The molecule has 0 unspecified atom stereocenters. The fourth-order valence-corrected chi connectivity index (χ4v) is 9.94. The number of alkyl halides is 2. The van der Waals surface area contributed by atoms with Gasteiger partial charge in [0.2, 0.25) is 11.8 Å². The second-order valence-electron chi connectivity index (χ2n) is 16.9. The number of nitrogens with one attached hydrogen (secondary N) is 1. The highest BCUT2D eigenvalue weighted by atomic mass is 31.2. The van der Waals surface area contributed by atoms with Crippen LogP contribution in [0.2, 0.25) is 0 Å². The highest BCUT2D eigenvalue weighted by Gasteiger charge is 2.59. The number of nitrogens with zero attached hydrogens (tertiary/aromatic N) is 5. The first-order valence-corrected chi connectivity index (χ1v) is 21.8. The number of carbonyl (C=O) groups excluding carboxylic acids is 4. The maximum atomic E-state index is 15.0. The summed E-state index contributed by atoms with van der Waals surface area (Å²) in [4.78, 5) is 94.1. The number of likely N-dealkylation sites (tertiary alicyclic amines) is 1. The van der Waals surface area contributed by atoms with Crippen molar-refractivity contribution >= 4 is 53.0 Å². The van der Waals surface area contributed by atoms with Crippen molar-refractivity contribution in [1.29, 1.82) is 0 Å². The number of hydrogen-bond donors (Lipinski definition) is 3. The van der Waals surface area contributed by atoms with E-state index < -0.39 is 54.7 Å². The molecule has 9 rings (SSSR count). The van der Waals surface area contributed by atoms with Crippen molar-refractivity contribution in [2.24, 2.45) is 7.05 Å². The van der Waals surface area contributed by atoms with Gasteiger partial charge in [-0.1, -0.05) is 35.0 Å². The molecule has 0 bridgehead atoms. The van der Waals surface area contributed by atoms with Crippen LogP contribution in [0.15, 0.2) is 82.2 Å². The van der Waals surface area contributed by atoms with E-state index in [1.54, 1.807) is 36.3 Å². The van der Waals surface area contributed by atoms with E-state index in [-0.39, 0.29) is 52.7 Å². The van der Waals surface area contributed by atoms with Crippen LogP contribution < -0.4 is 10.9 Å². The van der Waals surface area contributed by atoms with Gasteiger partial charge in [0.05, 0.1) is 11.9 Å². The van der Waals surface area contributed by atoms with Crippen LogP contribution in [0.25, 0.3) is 21.7 Å². The first kappa shape index (κ1) is 40.6. The molecule has 1 aliphatic carbocycles. The van der Waals surface area contributed by atoms with Crippen LogP contribution in [0.5, 0.6) is 0 Å². The number of rotatable bonds is 7. The van der Waals surface area contributed by atoms with Gasteiger partial charge in [0.25, 0.3) is 17.4 Å². The zero-order valence-corrected chi connectivity index (χ0v) is 34.2. The Morgan fingerprint density at radius 1 is 0.951 bits per heavy atom. The molecule has 318 valence electrons. The molecule has 15 nitrogen and oxygen atoms in total. The summed E-state index contributed by atoms with van der Waals surface area (Å²) < 4.78 is 47.9. The van der Waals surface area contributed by atoms with Crippen LogP contribution >= 0.6 is 7.60 Å². The Kier molecular flexibility index (Phi) is 9.79. The van der Waals surface area contributed by atoms with Crippen molar-refractivity contribution in [3.8, 4) is 0 Å². The zero-order chi connectivity index (χ0) is 43.2. The lowest BCUT2D eigenvalue weighted by atomic mass is 9.96. The predicted molar refractivity (Wildman–Crippen MR) is 217 cm³/mol. The molecule has 4 atom stereocenters. The number of fused-ring (bicyclic) bond motifs is 3. The summed E-state index contributed by atoms with van der Waals surface area (Å²) in [5.41, 5.74) is -3.80. The van der Waals surface area contributed by atoms with Crippen molar-refractivity contribution in [3.05, 3.63) is 111 Å². The third-order valence-corrected chi connectivity index (χ3v) is 14.0. The fourth-order valence-electron chi connectivity index (χ4n) is 9.46. The fraction of sp³-hybridized carbons (Fsp3) is 0.395. The van der Waals surface area contributed by atoms with Crippen LogP contribution in [-0.4, -0.2) is 101 Å². The van der Waals surface area contributed by atoms with E-state index in [4.69, 9.17) is 4.52 Å². The van der Waals surface area contributed by atoms with Crippen LogP contribution in [-0.2, 0) is 26.9 Å². The van der Waals surface area contributed by atoms with Gasteiger partial charge in [0.15, 0.2) is 11.3 Å². The lowest BCUT2D eigenvalue weighted by Gasteiger charge is -2.40. The SMILES string of the molecule is Cc1ccc2onc(C(=O)N3CC[C@H]4CC[C@@H](C(=O)N5C[C@@H](c6ccn(C)c(=O)c6)CC56CC6)N4C(=O)[C@@H](NC(=O)c4ccc5ccc(C(F)(F)P(=O)(O)O)cc5c4)C3)c2c1. The summed E-state index contributed by atoms with van der Waals surface area (Å²) in [7, 11) is -4.20. The molecule has 5 heterocycles. The summed E-state index contributed by atoms with van der Waals surface area (Å²) >= 11 is 0. The second kappa shape index (κ2) is 14.7. The van der Waals surface area contributed by atoms with Gasteiger partial charge in [0.1, 0.15) is 12.1 Å². The van der Waals surface area contributed by atoms with Crippen molar-refractivity contribution < 1.29 is 46.8 Å². The quantitative estimate of drug-likeness (QED) is 0.192. The van der Waals surface area contributed by atoms with E-state index in [1.165, 1.54) is 33.7 Å². The Hall–Kier alpha value is -5.77. The highest BCUT2D eigenvalue weighted by Crippen LogP contribution is 2.59. The number of carbonyl (C=O) groups is 4. The minimum Gasteiger partial charge on any atom is -0.355 e. The van der Waals surface area contributed by atoms with Gasteiger partial charge in [-0.15, -0.1) is 0 Å². The molecule has 2 aromatic heterocycles. The molecule has 3 aliphatic heterocycles. The molecule has 61 heavy (non-hydrogen) atoms. The number of aryl methyl sites for hydroxylation is 2. The van der Waals surface area contributed by atoms with Crippen LogP contribution in [0.3, 0.4) is 0 Å². The third kappa shape index (κ3) is 7.11. The van der Waals surface area contributed by atoms with E-state index in [0.29, 0.717) is 48.6 Å². The first-order valence-electron chi connectivity index (χ1n) is 20.2. The molecule has 4 amide bonds. The lowest BCUT2D eigenvalue weighted by Crippen LogP contribution is -2.61. The van der Waals surface area contributed by atoms with Crippen LogP contribution in [0, 0.1) is 6.92 Å². The van der Waals surface area contributed by atoms with Crippen molar-refractivity contribution in [1.82, 2.24) is 29.7 Å². The summed E-state index contributed by atoms with van der Waals surface area (Å²) in [5.74, 6) is -2.11. The van der Waals surface area contributed by atoms with Crippen molar-refractivity contribution in [2.75, 3.05) is 19.6 Å². The molecule has 1 spiro atoms. The summed E-state index contributed by atoms with van der Waals surface area (Å²) in [6.45, 7) is 2.12. The summed E-state index contributed by atoms with van der Waals surface area (Å²) in [5, 5.41) is 7.83.